The zero-order valence-electron chi connectivity index (χ0n) is 10.2. The lowest BCUT2D eigenvalue weighted by Crippen LogP contribution is -2.28. The lowest BCUT2D eigenvalue weighted by atomic mass is 10.2. The molecule has 1 amide bonds. The zero-order valence-corrected chi connectivity index (χ0v) is 11.0. The third-order valence-corrected chi connectivity index (χ3v) is 2.37. The summed E-state index contributed by atoms with van der Waals surface area (Å²) in [5, 5.41) is 3.51. The number of ether oxygens (including phenoxy) is 1. The third-order valence-electron chi connectivity index (χ3n) is 2.12. The minimum atomic E-state index is 0.0210. The molecule has 0 aliphatic carbocycles. The molecule has 1 aromatic rings. The second kappa shape index (κ2) is 7.17. The molecule has 0 aliphatic heterocycles. The average Bonchev–Trinajstić information content (AvgIpc) is 2.29. The molecule has 0 aromatic heterocycles. The molecule has 17 heavy (non-hydrogen) atoms. The van der Waals surface area contributed by atoms with Crippen LogP contribution in [0, 0.1) is 5.92 Å². The van der Waals surface area contributed by atoms with E-state index in [-0.39, 0.29) is 5.91 Å². The molecule has 0 atom stereocenters. The molecule has 1 rings (SSSR count). The van der Waals surface area contributed by atoms with Gasteiger partial charge >= 0.3 is 0 Å². The number of rotatable bonds is 6. The van der Waals surface area contributed by atoms with Crippen LogP contribution in [0.25, 0.3) is 0 Å². The first kappa shape index (κ1) is 13.8. The molecule has 0 heterocycles. The number of hydrogen-bond acceptors (Lipinski definition) is 2. The Bertz CT molecular complexity index is 349. The van der Waals surface area contributed by atoms with Gasteiger partial charge in [0.15, 0.2) is 0 Å². The van der Waals surface area contributed by atoms with Crippen LogP contribution in [0.4, 0.5) is 0 Å². The van der Waals surface area contributed by atoms with E-state index in [4.69, 9.17) is 16.3 Å². The fraction of sp³-hybridized carbons (Fsp3) is 0.462. The number of halogens is 1. The van der Waals surface area contributed by atoms with Crippen LogP contribution in [0.3, 0.4) is 0 Å². The Hall–Kier alpha value is -1.22. The van der Waals surface area contributed by atoms with Gasteiger partial charge in [-0.1, -0.05) is 25.4 Å². The van der Waals surface area contributed by atoms with Gasteiger partial charge in [0.1, 0.15) is 5.75 Å². The van der Waals surface area contributed by atoms with E-state index in [0.717, 1.165) is 5.75 Å². The van der Waals surface area contributed by atoms with Crippen LogP contribution < -0.4 is 10.1 Å². The highest BCUT2D eigenvalue weighted by molar-refractivity contribution is 6.30. The van der Waals surface area contributed by atoms with Gasteiger partial charge in [-0.3, -0.25) is 4.79 Å². The molecule has 4 heteroatoms. The van der Waals surface area contributed by atoms with Crippen molar-refractivity contribution in [3.05, 3.63) is 29.3 Å². The lowest BCUT2D eigenvalue weighted by molar-refractivity contribution is -0.121. The summed E-state index contributed by atoms with van der Waals surface area (Å²) in [7, 11) is 0. The summed E-state index contributed by atoms with van der Waals surface area (Å²) in [5.74, 6) is 1.22. The van der Waals surface area contributed by atoms with Crippen molar-refractivity contribution < 1.29 is 9.53 Å². The molecule has 94 valence electrons. The van der Waals surface area contributed by atoms with Crippen LogP contribution in [-0.2, 0) is 4.79 Å². The fourth-order valence-corrected chi connectivity index (χ4v) is 1.32. The molecule has 0 fully saturated rings. The Balaban J connectivity index is 2.19. The Morgan fingerprint density at radius 3 is 2.59 bits per heavy atom. The Morgan fingerprint density at radius 1 is 1.35 bits per heavy atom. The van der Waals surface area contributed by atoms with Crippen molar-refractivity contribution in [2.24, 2.45) is 5.92 Å². The van der Waals surface area contributed by atoms with Gasteiger partial charge in [0, 0.05) is 11.6 Å². The molecule has 0 aliphatic rings. The molecule has 0 spiro atoms. The highest BCUT2D eigenvalue weighted by Gasteiger charge is 2.02. The second-order valence-electron chi connectivity index (χ2n) is 4.25. The van der Waals surface area contributed by atoms with Crippen molar-refractivity contribution in [3.63, 3.8) is 0 Å². The first-order valence-corrected chi connectivity index (χ1v) is 6.11. The Morgan fingerprint density at radius 2 is 2.00 bits per heavy atom. The summed E-state index contributed by atoms with van der Waals surface area (Å²) in [6.07, 6.45) is 0.370. The van der Waals surface area contributed by atoms with Crippen LogP contribution in [0.1, 0.15) is 20.3 Å². The molecule has 1 aromatic carbocycles. The van der Waals surface area contributed by atoms with E-state index in [1.807, 2.05) is 0 Å². The number of benzene rings is 1. The maximum absolute atomic E-state index is 11.4. The quantitative estimate of drug-likeness (QED) is 0.849. The van der Waals surface area contributed by atoms with Crippen LogP contribution in [-0.4, -0.2) is 19.1 Å². The monoisotopic (exact) mass is 255 g/mol. The summed E-state index contributed by atoms with van der Waals surface area (Å²) >= 11 is 5.75. The highest BCUT2D eigenvalue weighted by atomic mass is 35.5. The third kappa shape index (κ3) is 6.17. The van der Waals surface area contributed by atoms with Crippen molar-refractivity contribution in [2.75, 3.05) is 13.2 Å². The van der Waals surface area contributed by atoms with Gasteiger partial charge in [0.05, 0.1) is 13.0 Å². The molecule has 0 radical (unpaired) electrons. The van der Waals surface area contributed by atoms with E-state index in [2.05, 4.69) is 19.2 Å². The number of carbonyl (C=O) groups excluding carboxylic acids is 1. The van der Waals surface area contributed by atoms with Crippen LogP contribution in [0.2, 0.25) is 5.02 Å². The number of nitrogens with one attached hydrogen (secondary N) is 1. The largest absolute Gasteiger partial charge is 0.493 e. The SMILES string of the molecule is CC(C)CNC(=O)CCOc1ccc(Cl)cc1. The molecular formula is C13H18ClNO2. The van der Waals surface area contributed by atoms with Crippen molar-refractivity contribution in [1.29, 1.82) is 0 Å². The van der Waals surface area contributed by atoms with Crippen molar-refractivity contribution in [1.82, 2.24) is 5.32 Å². The van der Waals surface area contributed by atoms with Gasteiger partial charge in [-0.25, -0.2) is 0 Å². The van der Waals surface area contributed by atoms with Crippen LogP contribution >= 0.6 is 11.6 Å². The van der Waals surface area contributed by atoms with Gasteiger partial charge in [0.2, 0.25) is 5.91 Å². The van der Waals surface area contributed by atoms with Gasteiger partial charge < -0.3 is 10.1 Å². The van der Waals surface area contributed by atoms with Crippen LogP contribution in [0.15, 0.2) is 24.3 Å². The predicted octanol–water partition coefficient (Wildman–Crippen LogP) is 2.88. The Labute approximate surface area is 107 Å². The fourth-order valence-electron chi connectivity index (χ4n) is 1.20. The van der Waals surface area contributed by atoms with Crippen molar-refractivity contribution in [2.45, 2.75) is 20.3 Å². The highest BCUT2D eigenvalue weighted by Crippen LogP contribution is 2.15. The van der Waals surface area contributed by atoms with E-state index in [9.17, 15) is 4.79 Å². The molecule has 3 nitrogen and oxygen atoms in total. The summed E-state index contributed by atoms with van der Waals surface area (Å²) in [4.78, 5) is 11.4. The number of hydrogen-bond donors (Lipinski definition) is 1. The smallest absolute Gasteiger partial charge is 0.223 e. The van der Waals surface area contributed by atoms with Gasteiger partial charge in [-0.15, -0.1) is 0 Å². The second-order valence-corrected chi connectivity index (χ2v) is 4.69. The van der Waals surface area contributed by atoms with Crippen LogP contribution in [0.5, 0.6) is 5.75 Å². The van der Waals surface area contributed by atoms with Crippen molar-refractivity contribution >= 4 is 17.5 Å². The van der Waals surface area contributed by atoms with Crippen molar-refractivity contribution in [3.8, 4) is 5.75 Å². The topological polar surface area (TPSA) is 38.3 Å². The molecular weight excluding hydrogens is 238 g/mol. The standard InChI is InChI=1S/C13H18ClNO2/c1-10(2)9-15-13(16)7-8-17-12-5-3-11(14)4-6-12/h3-6,10H,7-9H2,1-2H3,(H,15,16). The van der Waals surface area contributed by atoms with Gasteiger partial charge in [-0.2, -0.15) is 0 Å². The zero-order chi connectivity index (χ0) is 12.7. The maximum atomic E-state index is 11.4. The maximum Gasteiger partial charge on any atom is 0.223 e. The molecule has 0 saturated carbocycles. The van der Waals surface area contributed by atoms with Gasteiger partial charge in [0.25, 0.3) is 0 Å². The summed E-state index contributed by atoms with van der Waals surface area (Å²) in [5.41, 5.74) is 0. The minimum Gasteiger partial charge on any atom is -0.493 e. The summed E-state index contributed by atoms with van der Waals surface area (Å²) < 4.78 is 5.42. The normalized spacial score (nSPS) is 10.4. The van der Waals surface area contributed by atoms with E-state index < -0.39 is 0 Å². The van der Waals surface area contributed by atoms with E-state index >= 15 is 0 Å². The Kier molecular flexibility index (Phi) is 5.84. The molecule has 0 saturated heterocycles. The first-order valence-electron chi connectivity index (χ1n) is 5.73. The summed E-state index contributed by atoms with van der Waals surface area (Å²) in [6.45, 7) is 5.21. The lowest BCUT2D eigenvalue weighted by Gasteiger charge is -2.08. The summed E-state index contributed by atoms with van der Waals surface area (Å²) in [6, 6.07) is 7.09. The van der Waals surface area contributed by atoms with Gasteiger partial charge in [-0.05, 0) is 30.2 Å². The minimum absolute atomic E-state index is 0.0210. The molecule has 0 bridgehead atoms. The molecule has 0 unspecified atom stereocenters. The number of amides is 1. The van der Waals surface area contributed by atoms with E-state index in [0.29, 0.717) is 30.5 Å². The predicted molar refractivity (Wildman–Crippen MR) is 69.4 cm³/mol. The first-order chi connectivity index (χ1) is 8.08. The molecule has 1 N–H and O–H groups in total. The number of carbonyl (C=O) groups is 1. The van der Waals surface area contributed by atoms with E-state index in [1.54, 1.807) is 24.3 Å². The van der Waals surface area contributed by atoms with E-state index in [1.165, 1.54) is 0 Å². The average molecular weight is 256 g/mol.